The molecule has 1 aromatic carbocycles. The zero-order valence-corrected chi connectivity index (χ0v) is 10.1. The fraction of sp³-hybridized carbons (Fsp3) is 0.111. The van der Waals surface area contributed by atoms with Gasteiger partial charge in [0.15, 0.2) is 0 Å². The summed E-state index contributed by atoms with van der Waals surface area (Å²) in [5, 5.41) is 12.2. The van der Waals surface area contributed by atoms with E-state index in [2.05, 4.69) is 22.0 Å². The summed E-state index contributed by atoms with van der Waals surface area (Å²) in [6, 6.07) is 4.12. The molecule has 1 nitrogen and oxygen atoms in total. The zero-order valence-electron chi connectivity index (χ0n) is 6.87. The van der Waals surface area contributed by atoms with Crippen molar-refractivity contribution >= 4 is 49.1 Å². The third-order valence-corrected chi connectivity index (χ3v) is 4.07. The number of fused-ring (bicyclic) bond motifs is 1. The van der Waals surface area contributed by atoms with Gasteiger partial charge < -0.3 is 5.11 Å². The molecule has 68 valence electrons. The minimum Gasteiger partial charge on any atom is -0.506 e. The van der Waals surface area contributed by atoms with Crippen LogP contribution in [0.25, 0.3) is 10.1 Å². The second-order valence-electron chi connectivity index (χ2n) is 2.60. The van der Waals surface area contributed by atoms with Crippen LogP contribution in [0.3, 0.4) is 0 Å². The summed E-state index contributed by atoms with van der Waals surface area (Å²) in [5.41, 5.74) is 0. The quantitative estimate of drug-likeness (QED) is 0.791. The predicted molar refractivity (Wildman–Crippen MR) is 63.0 cm³/mol. The van der Waals surface area contributed by atoms with Gasteiger partial charge in [0.1, 0.15) is 5.75 Å². The van der Waals surface area contributed by atoms with E-state index in [1.807, 2.05) is 12.3 Å². The Labute approximate surface area is 92.9 Å². The van der Waals surface area contributed by atoms with Crippen LogP contribution in [0.2, 0.25) is 0 Å². The van der Waals surface area contributed by atoms with Crippen molar-refractivity contribution in [2.24, 2.45) is 0 Å². The molecule has 0 spiro atoms. The molecular formula is C9H7BrOS2. The van der Waals surface area contributed by atoms with Gasteiger partial charge in [0.05, 0.1) is 0 Å². The molecule has 0 aliphatic rings. The number of thiophene rings is 1. The maximum absolute atomic E-state index is 9.53. The summed E-state index contributed by atoms with van der Waals surface area (Å²) >= 11 is 6.72. The number of benzene rings is 1. The van der Waals surface area contributed by atoms with Gasteiger partial charge in [-0.1, -0.05) is 0 Å². The lowest BCUT2D eigenvalue weighted by molar-refractivity contribution is 0.483. The van der Waals surface area contributed by atoms with E-state index in [-0.39, 0.29) is 0 Å². The molecule has 2 aromatic rings. The van der Waals surface area contributed by atoms with E-state index >= 15 is 0 Å². The molecule has 0 saturated heterocycles. The van der Waals surface area contributed by atoms with Gasteiger partial charge in [-0.2, -0.15) is 0 Å². The monoisotopic (exact) mass is 274 g/mol. The normalized spacial score (nSPS) is 10.9. The van der Waals surface area contributed by atoms with Crippen LogP contribution < -0.4 is 0 Å². The summed E-state index contributed by atoms with van der Waals surface area (Å²) in [5.74, 6) is 0.361. The van der Waals surface area contributed by atoms with Crippen LogP contribution in [0.15, 0.2) is 26.9 Å². The fourth-order valence-electron chi connectivity index (χ4n) is 1.20. The van der Waals surface area contributed by atoms with Gasteiger partial charge in [0, 0.05) is 24.8 Å². The highest BCUT2D eigenvalue weighted by Gasteiger charge is 2.07. The van der Waals surface area contributed by atoms with Crippen molar-refractivity contribution in [2.45, 2.75) is 4.90 Å². The van der Waals surface area contributed by atoms with Crippen molar-refractivity contribution in [3.63, 3.8) is 0 Å². The lowest BCUT2D eigenvalue weighted by atomic mass is 10.2. The van der Waals surface area contributed by atoms with E-state index in [4.69, 9.17) is 0 Å². The van der Waals surface area contributed by atoms with Crippen molar-refractivity contribution in [1.29, 1.82) is 0 Å². The molecule has 0 bridgehead atoms. The second kappa shape index (κ2) is 3.52. The molecule has 13 heavy (non-hydrogen) atoms. The summed E-state index contributed by atoms with van der Waals surface area (Å²) in [6.07, 6.45) is 2.04. The van der Waals surface area contributed by atoms with E-state index in [1.54, 1.807) is 28.5 Å². The molecule has 1 N–H and O–H groups in total. The van der Waals surface area contributed by atoms with Gasteiger partial charge in [-0.05, 0) is 34.3 Å². The highest BCUT2D eigenvalue weighted by molar-refractivity contribution is 9.10. The molecule has 0 unspecified atom stereocenters. The van der Waals surface area contributed by atoms with Crippen molar-refractivity contribution < 1.29 is 5.11 Å². The summed E-state index contributed by atoms with van der Waals surface area (Å²) < 4.78 is 2.09. The van der Waals surface area contributed by atoms with Crippen LogP contribution in [0.4, 0.5) is 0 Å². The number of thioether (sulfide) groups is 1. The minimum atomic E-state index is 0.361. The Morgan fingerprint density at radius 3 is 2.92 bits per heavy atom. The van der Waals surface area contributed by atoms with Crippen molar-refractivity contribution in [3.05, 3.63) is 22.0 Å². The van der Waals surface area contributed by atoms with E-state index in [0.717, 1.165) is 14.6 Å². The second-order valence-corrected chi connectivity index (χ2v) is 5.25. The van der Waals surface area contributed by atoms with Crippen molar-refractivity contribution in [2.75, 3.05) is 6.26 Å². The first-order valence-corrected chi connectivity index (χ1v) is 6.56. The first-order valence-electron chi connectivity index (χ1n) is 3.66. The topological polar surface area (TPSA) is 20.2 Å². The Bertz CT molecular complexity index is 450. The summed E-state index contributed by atoms with van der Waals surface area (Å²) in [7, 11) is 0. The van der Waals surface area contributed by atoms with Crippen LogP contribution in [0.1, 0.15) is 0 Å². The first kappa shape index (κ1) is 9.37. The molecule has 0 aliphatic carbocycles. The Morgan fingerprint density at radius 1 is 1.46 bits per heavy atom. The summed E-state index contributed by atoms with van der Waals surface area (Å²) in [6.45, 7) is 0. The molecule has 1 aromatic heterocycles. The van der Waals surface area contributed by atoms with E-state index in [0.29, 0.717) is 5.75 Å². The Morgan fingerprint density at radius 2 is 2.23 bits per heavy atom. The van der Waals surface area contributed by atoms with E-state index in [9.17, 15) is 5.11 Å². The Hall–Kier alpha value is -0.190. The highest BCUT2D eigenvalue weighted by atomic mass is 79.9. The van der Waals surface area contributed by atoms with Gasteiger partial charge >= 0.3 is 0 Å². The first-order chi connectivity index (χ1) is 6.22. The molecule has 0 atom stereocenters. The number of hydrogen-bond donors (Lipinski definition) is 1. The largest absolute Gasteiger partial charge is 0.506 e. The highest BCUT2D eigenvalue weighted by Crippen LogP contribution is 2.39. The maximum atomic E-state index is 9.53. The number of rotatable bonds is 1. The minimum absolute atomic E-state index is 0.361. The van der Waals surface area contributed by atoms with E-state index in [1.165, 1.54) is 4.90 Å². The lowest BCUT2D eigenvalue weighted by Gasteiger charge is -1.99. The van der Waals surface area contributed by atoms with Gasteiger partial charge in [0.2, 0.25) is 0 Å². The molecular weight excluding hydrogens is 268 g/mol. The van der Waals surface area contributed by atoms with Crippen LogP contribution in [-0.4, -0.2) is 11.4 Å². The van der Waals surface area contributed by atoms with Crippen molar-refractivity contribution in [3.8, 4) is 5.75 Å². The molecule has 0 saturated carbocycles. The number of hydrogen-bond acceptors (Lipinski definition) is 3. The molecule has 0 amide bonds. The smallest absolute Gasteiger partial charge is 0.135 e. The number of aromatic hydroxyl groups is 1. The van der Waals surface area contributed by atoms with Gasteiger partial charge in [-0.3, -0.25) is 0 Å². The van der Waals surface area contributed by atoms with Crippen molar-refractivity contribution in [1.82, 2.24) is 0 Å². The van der Waals surface area contributed by atoms with Crippen LogP contribution >= 0.6 is 39.0 Å². The predicted octanol–water partition coefficient (Wildman–Crippen LogP) is 4.09. The molecule has 0 radical (unpaired) electrons. The fourth-order valence-corrected chi connectivity index (χ4v) is 3.57. The molecule has 0 aliphatic heterocycles. The molecule has 2 rings (SSSR count). The lowest BCUT2D eigenvalue weighted by Crippen LogP contribution is -1.72. The standard InChI is InChI=1S/C9H7BrOS2/c1-12-5-2-6(10)9-7(11)4-13-8(9)3-5/h2-4,11H,1H3. The Balaban J connectivity index is 2.79. The summed E-state index contributed by atoms with van der Waals surface area (Å²) in [4.78, 5) is 1.21. The third kappa shape index (κ3) is 1.58. The van der Waals surface area contributed by atoms with Crippen LogP contribution in [0.5, 0.6) is 5.75 Å². The molecule has 4 heteroatoms. The molecule has 0 fully saturated rings. The third-order valence-electron chi connectivity index (χ3n) is 1.82. The van der Waals surface area contributed by atoms with Gasteiger partial charge in [-0.25, -0.2) is 0 Å². The SMILES string of the molecule is CSc1cc(Br)c2c(O)csc2c1. The molecule has 1 heterocycles. The van der Waals surface area contributed by atoms with Crippen LogP contribution in [0, 0.1) is 0 Å². The van der Waals surface area contributed by atoms with Gasteiger partial charge in [-0.15, -0.1) is 23.1 Å². The van der Waals surface area contributed by atoms with Gasteiger partial charge in [0.25, 0.3) is 0 Å². The van der Waals surface area contributed by atoms with E-state index < -0.39 is 0 Å². The number of halogens is 1. The zero-order chi connectivity index (χ0) is 9.42. The van der Waals surface area contributed by atoms with Crippen LogP contribution in [-0.2, 0) is 0 Å². The maximum Gasteiger partial charge on any atom is 0.135 e. The Kier molecular flexibility index (Phi) is 2.53. The average molecular weight is 275 g/mol. The average Bonchev–Trinajstić information content (AvgIpc) is 2.48.